The van der Waals surface area contributed by atoms with E-state index in [1.165, 1.54) is 0 Å². The van der Waals surface area contributed by atoms with Gasteiger partial charge in [0.1, 0.15) is 0 Å². The quantitative estimate of drug-likeness (QED) is 0.400. The van der Waals surface area contributed by atoms with Gasteiger partial charge >= 0.3 is 0 Å². The molecule has 1 aromatic heterocycles. The summed E-state index contributed by atoms with van der Waals surface area (Å²) in [5, 5.41) is 10.3. The van der Waals surface area contributed by atoms with E-state index >= 15 is 0 Å². The summed E-state index contributed by atoms with van der Waals surface area (Å²) < 4.78 is 1.94. The Labute approximate surface area is 210 Å². The van der Waals surface area contributed by atoms with Gasteiger partial charge in [0.05, 0.1) is 28.7 Å². The minimum Gasteiger partial charge on any atom is -0.366 e. The van der Waals surface area contributed by atoms with Crippen LogP contribution in [0.25, 0.3) is 27.7 Å². The molecule has 0 spiro atoms. The molecule has 0 bridgehead atoms. The number of benzene rings is 3. The molecule has 5 rings (SSSR count). The molecule has 7 heteroatoms. The summed E-state index contributed by atoms with van der Waals surface area (Å²) >= 11 is 5.48. The zero-order valence-corrected chi connectivity index (χ0v) is 21.0. The van der Waals surface area contributed by atoms with E-state index in [9.17, 15) is 4.79 Å². The van der Waals surface area contributed by atoms with Crippen LogP contribution < -0.4 is 11.1 Å². The summed E-state index contributed by atoms with van der Waals surface area (Å²) in [6, 6.07) is 22.2. The molecule has 4 aromatic rings. The molecule has 1 amide bonds. The third kappa shape index (κ3) is 4.45. The lowest BCUT2D eigenvalue weighted by Gasteiger charge is -2.18. The minimum absolute atomic E-state index is 0.178. The van der Waals surface area contributed by atoms with Gasteiger partial charge in [-0.15, -0.1) is 0 Å². The molecule has 1 saturated heterocycles. The molecule has 0 aliphatic carbocycles. The van der Waals surface area contributed by atoms with Gasteiger partial charge in [-0.1, -0.05) is 75.5 Å². The largest absolute Gasteiger partial charge is 0.366 e. The maximum atomic E-state index is 12.5. The van der Waals surface area contributed by atoms with Gasteiger partial charge in [-0.05, 0) is 40.6 Å². The van der Waals surface area contributed by atoms with Crippen molar-refractivity contribution in [3.63, 3.8) is 0 Å². The number of aromatic nitrogens is 2. The topological polar surface area (TPSA) is 76.2 Å². The number of primary amides is 1. The van der Waals surface area contributed by atoms with Crippen LogP contribution in [0.5, 0.6) is 0 Å². The van der Waals surface area contributed by atoms with Crippen LogP contribution in [-0.4, -0.2) is 38.8 Å². The molecule has 3 N–H and O–H groups in total. The van der Waals surface area contributed by atoms with E-state index in [0.29, 0.717) is 5.56 Å². The van der Waals surface area contributed by atoms with Gasteiger partial charge in [0.2, 0.25) is 5.91 Å². The van der Waals surface area contributed by atoms with Crippen LogP contribution in [0.1, 0.15) is 42.4 Å². The van der Waals surface area contributed by atoms with Crippen LogP contribution in [0.2, 0.25) is 0 Å². The molecule has 0 atom stereocenters. The van der Waals surface area contributed by atoms with Crippen molar-refractivity contribution in [1.29, 1.82) is 0 Å². The molecule has 1 aliphatic rings. The maximum absolute atomic E-state index is 12.5. The Bertz CT molecular complexity index is 1450. The fourth-order valence-electron chi connectivity index (χ4n) is 4.52. The van der Waals surface area contributed by atoms with Crippen molar-refractivity contribution >= 4 is 33.9 Å². The number of amides is 1. The molecule has 1 fully saturated rings. The van der Waals surface area contributed by atoms with Crippen molar-refractivity contribution in [3.8, 4) is 16.9 Å². The van der Waals surface area contributed by atoms with E-state index in [1.807, 2.05) is 53.2 Å². The van der Waals surface area contributed by atoms with Gasteiger partial charge in [-0.2, -0.15) is 5.10 Å². The molecule has 0 saturated carbocycles. The van der Waals surface area contributed by atoms with Crippen molar-refractivity contribution in [2.75, 3.05) is 13.2 Å². The summed E-state index contributed by atoms with van der Waals surface area (Å²) in [5.74, 6) is -0.459. The van der Waals surface area contributed by atoms with E-state index in [2.05, 4.69) is 49.2 Å². The maximum Gasteiger partial charge on any atom is 0.249 e. The second kappa shape index (κ2) is 8.91. The Balaban J connectivity index is 1.71. The Morgan fingerprint density at radius 2 is 1.89 bits per heavy atom. The van der Waals surface area contributed by atoms with Gasteiger partial charge in [-0.3, -0.25) is 10.1 Å². The van der Waals surface area contributed by atoms with Gasteiger partial charge in [-0.25, -0.2) is 4.68 Å². The van der Waals surface area contributed by atoms with Crippen molar-refractivity contribution < 1.29 is 4.79 Å². The van der Waals surface area contributed by atoms with Gasteiger partial charge < -0.3 is 10.6 Å². The van der Waals surface area contributed by atoms with E-state index in [1.54, 1.807) is 0 Å². The third-order valence-electron chi connectivity index (χ3n) is 6.39. The lowest BCUT2D eigenvalue weighted by atomic mass is 9.90. The van der Waals surface area contributed by atoms with Gasteiger partial charge in [0, 0.05) is 29.6 Å². The smallest absolute Gasteiger partial charge is 0.249 e. The molecule has 3 aromatic carbocycles. The highest BCUT2D eigenvalue weighted by Crippen LogP contribution is 2.36. The van der Waals surface area contributed by atoms with Crippen molar-refractivity contribution in [2.45, 2.75) is 32.7 Å². The normalized spacial score (nSPS) is 14.1. The van der Waals surface area contributed by atoms with Crippen LogP contribution in [0.3, 0.4) is 0 Å². The molecule has 6 nitrogen and oxygen atoms in total. The number of carbonyl (C=O) groups is 1. The molecular weight excluding hydrogens is 454 g/mol. The first-order valence-corrected chi connectivity index (χ1v) is 12.1. The second-order valence-electron chi connectivity index (χ2n) is 10.00. The first kappa shape index (κ1) is 23.2. The van der Waals surface area contributed by atoms with Crippen LogP contribution in [0.4, 0.5) is 0 Å². The monoisotopic (exact) mass is 483 g/mol. The van der Waals surface area contributed by atoms with Gasteiger partial charge in [0.15, 0.2) is 0 Å². The zero-order chi connectivity index (χ0) is 24.7. The number of rotatable bonds is 5. The van der Waals surface area contributed by atoms with Crippen LogP contribution >= 0.6 is 12.2 Å². The van der Waals surface area contributed by atoms with Crippen molar-refractivity contribution in [1.82, 2.24) is 20.0 Å². The molecule has 35 heavy (non-hydrogen) atoms. The summed E-state index contributed by atoms with van der Waals surface area (Å²) in [4.78, 5) is 15.6. The zero-order valence-electron chi connectivity index (χ0n) is 20.2. The highest BCUT2D eigenvalue weighted by molar-refractivity contribution is 7.80. The molecule has 0 radical (unpaired) electrons. The summed E-state index contributed by atoms with van der Waals surface area (Å²) in [6.45, 7) is 8.63. The number of nitrogens with zero attached hydrogens (tertiary/aromatic N) is 3. The minimum atomic E-state index is -0.459. The van der Waals surface area contributed by atoms with E-state index < -0.39 is 5.91 Å². The average Bonchev–Trinajstić information content (AvgIpc) is 3.45. The lowest BCUT2D eigenvalue weighted by molar-refractivity contribution is 0.100. The number of hydrogen-bond acceptors (Lipinski definition) is 4. The summed E-state index contributed by atoms with van der Waals surface area (Å²) in [7, 11) is 0. The first-order chi connectivity index (χ1) is 16.7. The number of thiocarbonyl (C=S) groups is 1. The average molecular weight is 484 g/mol. The first-order valence-electron chi connectivity index (χ1n) is 11.7. The highest BCUT2D eigenvalue weighted by atomic mass is 32.1. The predicted molar refractivity (Wildman–Crippen MR) is 145 cm³/mol. The summed E-state index contributed by atoms with van der Waals surface area (Å²) in [5.41, 5.74) is 10.8. The molecule has 0 unspecified atom stereocenters. The number of nitrogens with two attached hydrogens (primary N) is 1. The van der Waals surface area contributed by atoms with Crippen LogP contribution in [0.15, 0.2) is 66.7 Å². The summed E-state index contributed by atoms with van der Waals surface area (Å²) in [6.07, 6.45) is 0. The SMILES string of the molecule is CC(C)(C)c1cc(-c2c(C(N)=O)ccc3ccccc23)n(-c2cccc(CN3CNCC3=S)c2)n1. The fourth-order valence-corrected chi connectivity index (χ4v) is 4.76. The van der Waals surface area contributed by atoms with Gasteiger partial charge in [0.25, 0.3) is 0 Å². The van der Waals surface area contributed by atoms with E-state index in [-0.39, 0.29) is 5.41 Å². The Hall–Kier alpha value is -3.55. The molecule has 2 heterocycles. The lowest BCUT2D eigenvalue weighted by Crippen LogP contribution is -2.24. The molecule has 178 valence electrons. The Morgan fingerprint density at radius 1 is 1.09 bits per heavy atom. The third-order valence-corrected chi connectivity index (χ3v) is 6.79. The highest BCUT2D eigenvalue weighted by Gasteiger charge is 2.25. The second-order valence-corrected chi connectivity index (χ2v) is 10.5. The van der Waals surface area contributed by atoms with E-state index in [4.69, 9.17) is 23.1 Å². The number of carbonyl (C=O) groups excluding carboxylic acids is 1. The standard InChI is InChI=1S/C28H29N5OS/c1-28(2,3)24-14-23(26-21-10-5-4-8-19(21)11-12-22(26)27(29)34)33(31-24)20-9-6-7-18(13-20)16-32-17-30-15-25(32)35/h4-14,30H,15-17H2,1-3H3,(H2,29,34). The van der Waals surface area contributed by atoms with Crippen molar-refractivity contribution in [3.05, 3.63) is 83.6 Å². The van der Waals surface area contributed by atoms with Crippen LogP contribution in [0, 0.1) is 0 Å². The number of nitrogens with one attached hydrogen (secondary N) is 1. The van der Waals surface area contributed by atoms with Crippen LogP contribution in [-0.2, 0) is 12.0 Å². The predicted octanol–water partition coefficient (Wildman–Crippen LogP) is 4.78. The molecule has 1 aliphatic heterocycles. The Kier molecular flexibility index (Phi) is 5.91. The molecular formula is C28H29N5OS. The van der Waals surface area contributed by atoms with Crippen molar-refractivity contribution in [2.24, 2.45) is 5.73 Å². The number of fused-ring (bicyclic) bond motifs is 1. The number of hydrogen-bond donors (Lipinski definition) is 2. The fraction of sp³-hybridized carbons (Fsp3) is 0.250. The van der Waals surface area contributed by atoms with E-state index in [0.717, 1.165) is 63.7 Å². The Morgan fingerprint density at radius 3 is 2.60 bits per heavy atom.